The molecular formula is C38H43F6N5O. The number of nitrogens with zero attached hydrogens (tertiary/aromatic N) is 5. The van der Waals surface area contributed by atoms with Gasteiger partial charge in [-0.2, -0.15) is 31.4 Å². The van der Waals surface area contributed by atoms with Crippen molar-refractivity contribution in [1.29, 1.82) is 0 Å². The van der Waals surface area contributed by atoms with Crippen LogP contribution in [0.5, 0.6) is 5.75 Å². The number of rotatable bonds is 9. The number of anilines is 1. The van der Waals surface area contributed by atoms with E-state index in [0.29, 0.717) is 17.7 Å². The van der Waals surface area contributed by atoms with E-state index in [4.69, 9.17) is 4.74 Å². The Labute approximate surface area is 289 Å². The summed E-state index contributed by atoms with van der Waals surface area (Å²) in [6.45, 7) is 10.6. The topological polar surface area (TPSA) is 56.1 Å². The summed E-state index contributed by atoms with van der Waals surface area (Å²) >= 11 is 0. The molecule has 0 N–H and O–H groups in total. The SMILES string of the molecule is COc1ccc(C(C)C)cc1C1=C(CN(Cc2cc(C(F)(F)F)cc(C(F)(F)F)c2)c2ncc(-c3cnn(C)c3)cn2)CC(C(C)(C)C)CC1. The molecule has 2 aromatic carbocycles. The molecule has 50 heavy (non-hydrogen) atoms. The van der Waals surface area contributed by atoms with E-state index in [2.05, 4.69) is 55.8 Å². The Kier molecular flexibility index (Phi) is 10.4. The first-order chi connectivity index (χ1) is 23.3. The predicted octanol–water partition coefficient (Wildman–Crippen LogP) is 10.4. The summed E-state index contributed by atoms with van der Waals surface area (Å²) in [7, 11) is 3.39. The molecule has 6 nitrogen and oxygen atoms in total. The van der Waals surface area contributed by atoms with E-state index < -0.39 is 23.5 Å². The molecule has 0 saturated carbocycles. The van der Waals surface area contributed by atoms with Crippen LogP contribution in [0.1, 0.15) is 87.6 Å². The van der Waals surface area contributed by atoms with Gasteiger partial charge < -0.3 is 9.64 Å². The second-order valence-electron chi connectivity index (χ2n) is 14.4. The Morgan fingerprint density at radius 3 is 2.04 bits per heavy atom. The first-order valence-corrected chi connectivity index (χ1v) is 16.6. The van der Waals surface area contributed by atoms with Crippen molar-refractivity contribution in [1.82, 2.24) is 19.7 Å². The van der Waals surface area contributed by atoms with Crippen molar-refractivity contribution in [2.45, 2.75) is 78.7 Å². The molecule has 2 aromatic heterocycles. The lowest BCUT2D eigenvalue weighted by atomic mass is 9.69. The van der Waals surface area contributed by atoms with Gasteiger partial charge in [0, 0.05) is 55.4 Å². The Balaban J connectivity index is 1.66. The van der Waals surface area contributed by atoms with Gasteiger partial charge in [0.15, 0.2) is 0 Å². The van der Waals surface area contributed by atoms with Crippen LogP contribution in [-0.2, 0) is 25.9 Å². The maximum atomic E-state index is 13.9. The monoisotopic (exact) mass is 699 g/mol. The Morgan fingerprint density at radius 1 is 0.880 bits per heavy atom. The number of hydrogen-bond acceptors (Lipinski definition) is 5. The summed E-state index contributed by atoms with van der Waals surface area (Å²) in [5.74, 6) is 1.41. The third-order valence-electron chi connectivity index (χ3n) is 9.46. The van der Waals surface area contributed by atoms with E-state index in [9.17, 15) is 26.3 Å². The number of allylic oxidation sites excluding steroid dienone is 1. The first-order valence-electron chi connectivity index (χ1n) is 16.6. The van der Waals surface area contributed by atoms with Crippen molar-refractivity contribution in [3.63, 3.8) is 0 Å². The molecule has 0 fully saturated rings. The number of halogens is 6. The van der Waals surface area contributed by atoms with Crippen molar-refractivity contribution in [3.05, 3.63) is 94.6 Å². The molecule has 2 heterocycles. The van der Waals surface area contributed by atoms with Gasteiger partial charge >= 0.3 is 12.4 Å². The summed E-state index contributed by atoms with van der Waals surface area (Å²) in [6.07, 6.45) is -1.01. The molecule has 5 rings (SSSR count). The number of ether oxygens (including phenoxy) is 1. The molecule has 12 heteroatoms. The second kappa shape index (κ2) is 14.1. The highest BCUT2D eigenvalue weighted by Gasteiger charge is 2.37. The number of alkyl halides is 6. The molecule has 0 aliphatic heterocycles. The zero-order valence-electron chi connectivity index (χ0n) is 29.4. The third-order valence-corrected chi connectivity index (χ3v) is 9.46. The highest BCUT2D eigenvalue weighted by atomic mass is 19.4. The lowest BCUT2D eigenvalue weighted by molar-refractivity contribution is -0.143. The van der Waals surface area contributed by atoms with Crippen molar-refractivity contribution in [2.75, 3.05) is 18.6 Å². The Hall–Kier alpha value is -4.35. The highest BCUT2D eigenvalue weighted by molar-refractivity contribution is 5.75. The number of aromatic nitrogens is 4. The molecule has 1 aliphatic rings. The molecule has 1 atom stereocenters. The van der Waals surface area contributed by atoms with E-state index >= 15 is 0 Å². The fourth-order valence-electron chi connectivity index (χ4n) is 6.53. The lowest BCUT2D eigenvalue weighted by Crippen LogP contribution is -2.32. The minimum absolute atomic E-state index is 0.0456. The fourth-order valence-corrected chi connectivity index (χ4v) is 6.53. The first kappa shape index (κ1) is 36.9. The molecule has 0 radical (unpaired) electrons. The summed E-state index contributed by atoms with van der Waals surface area (Å²) in [4.78, 5) is 10.9. The largest absolute Gasteiger partial charge is 0.496 e. The summed E-state index contributed by atoms with van der Waals surface area (Å²) in [5, 5.41) is 4.19. The van der Waals surface area contributed by atoms with E-state index in [-0.39, 0.29) is 47.9 Å². The molecule has 0 saturated heterocycles. The van der Waals surface area contributed by atoms with E-state index in [1.807, 2.05) is 12.1 Å². The maximum Gasteiger partial charge on any atom is 0.416 e. The average molecular weight is 700 g/mol. The number of hydrogen-bond donors (Lipinski definition) is 0. The van der Waals surface area contributed by atoms with Gasteiger partial charge in [0.2, 0.25) is 5.95 Å². The second-order valence-corrected chi connectivity index (χ2v) is 14.4. The van der Waals surface area contributed by atoms with Gasteiger partial charge in [0.05, 0.1) is 24.4 Å². The minimum Gasteiger partial charge on any atom is -0.496 e. The smallest absolute Gasteiger partial charge is 0.416 e. The molecule has 0 spiro atoms. The molecule has 0 amide bonds. The van der Waals surface area contributed by atoms with Crippen LogP contribution in [0.15, 0.2) is 66.8 Å². The molecule has 268 valence electrons. The quantitative estimate of drug-likeness (QED) is 0.163. The normalized spacial score (nSPS) is 15.9. The van der Waals surface area contributed by atoms with Crippen LogP contribution in [-0.4, -0.2) is 33.4 Å². The van der Waals surface area contributed by atoms with Gasteiger partial charge in [-0.05, 0) is 89.1 Å². The standard InChI is InChI=1S/C38H43F6N5O/c1-23(2)25-8-11-34(50-7)33(15-25)32-10-9-29(36(3,4)5)14-26(32)22-49(35-45-17-27(18-46-35)28-19-47-48(6)21-28)20-24-12-30(37(39,40)41)16-31(13-24)38(42,43)44/h8,11-13,15-19,21,23,29H,9-10,14,20,22H2,1-7H3. The number of methoxy groups -OCH3 is 1. The van der Waals surface area contributed by atoms with Gasteiger partial charge in [-0.1, -0.05) is 40.7 Å². The van der Waals surface area contributed by atoms with Crippen LogP contribution in [0, 0.1) is 11.3 Å². The van der Waals surface area contributed by atoms with Crippen molar-refractivity contribution < 1.29 is 31.1 Å². The van der Waals surface area contributed by atoms with Crippen LogP contribution in [0.2, 0.25) is 0 Å². The molecule has 1 aliphatic carbocycles. The Morgan fingerprint density at radius 2 is 1.52 bits per heavy atom. The van der Waals surface area contributed by atoms with Crippen LogP contribution in [0.25, 0.3) is 16.7 Å². The van der Waals surface area contributed by atoms with Crippen LogP contribution in [0.3, 0.4) is 0 Å². The zero-order valence-corrected chi connectivity index (χ0v) is 29.4. The van der Waals surface area contributed by atoms with Crippen molar-refractivity contribution in [2.24, 2.45) is 18.4 Å². The molecule has 0 bridgehead atoms. The van der Waals surface area contributed by atoms with Gasteiger partial charge in [0.25, 0.3) is 0 Å². The van der Waals surface area contributed by atoms with Gasteiger partial charge in [0.1, 0.15) is 5.75 Å². The van der Waals surface area contributed by atoms with Crippen molar-refractivity contribution >= 4 is 11.5 Å². The maximum absolute atomic E-state index is 13.9. The molecule has 4 aromatic rings. The predicted molar refractivity (Wildman–Crippen MR) is 183 cm³/mol. The van der Waals surface area contributed by atoms with Crippen molar-refractivity contribution in [3.8, 4) is 16.9 Å². The molecular weight excluding hydrogens is 656 g/mol. The zero-order chi connectivity index (χ0) is 36.6. The van der Waals surface area contributed by atoms with E-state index in [1.165, 1.54) is 0 Å². The van der Waals surface area contributed by atoms with Crippen LogP contribution >= 0.6 is 0 Å². The lowest BCUT2D eigenvalue weighted by Gasteiger charge is -2.38. The number of benzene rings is 2. The summed E-state index contributed by atoms with van der Waals surface area (Å²) in [5.41, 5.74) is 2.63. The third kappa shape index (κ3) is 8.50. The Bertz CT molecular complexity index is 1800. The summed E-state index contributed by atoms with van der Waals surface area (Å²) in [6, 6.07) is 7.80. The van der Waals surface area contributed by atoms with Gasteiger partial charge in [-0.15, -0.1) is 0 Å². The van der Waals surface area contributed by atoms with Crippen LogP contribution < -0.4 is 9.64 Å². The summed E-state index contributed by atoms with van der Waals surface area (Å²) < 4.78 is 90.8. The minimum atomic E-state index is -4.97. The average Bonchev–Trinajstić information content (AvgIpc) is 3.49. The van der Waals surface area contributed by atoms with E-state index in [0.717, 1.165) is 52.8 Å². The molecule has 1 unspecified atom stereocenters. The van der Waals surface area contributed by atoms with Gasteiger partial charge in [-0.3, -0.25) is 4.68 Å². The fraction of sp³-hybridized carbons (Fsp3) is 0.447. The number of aryl methyl sites for hydroxylation is 1. The highest BCUT2D eigenvalue weighted by Crippen LogP contribution is 2.46. The van der Waals surface area contributed by atoms with Crippen LogP contribution in [0.4, 0.5) is 32.3 Å². The van der Waals surface area contributed by atoms with Gasteiger partial charge in [-0.25, -0.2) is 9.97 Å². The van der Waals surface area contributed by atoms with E-state index in [1.54, 1.807) is 48.5 Å².